The third kappa shape index (κ3) is 2.11. The maximum absolute atomic E-state index is 13.3. The Bertz CT molecular complexity index is 364. The van der Waals surface area contributed by atoms with Crippen LogP contribution >= 0.6 is 0 Å². The SMILES string of the molecule is CCCCc1c(F)c(F)c(NN)c(F)c1F. The molecule has 1 aromatic rings. The van der Waals surface area contributed by atoms with Crippen molar-refractivity contribution < 1.29 is 17.6 Å². The number of halogens is 4. The van der Waals surface area contributed by atoms with Crippen molar-refractivity contribution in [3.8, 4) is 0 Å². The Morgan fingerprint density at radius 2 is 1.50 bits per heavy atom. The number of hydrazine groups is 1. The van der Waals surface area contributed by atoms with Crippen LogP contribution in [0, 0.1) is 23.3 Å². The van der Waals surface area contributed by atoms with Crippen molar-refractivity contribution in [3.05, 3.63) is 28.8 Å². The fraction of sp³-hybridized carbons (Fsp3) is 0.400. The number of benzene rings is 1. The summed E-state index contributed by atoms with van der Waals surface area (Å²) in [4.78, 5) is 0. The number of nitrogen functional groups attached to an aromatic ring is 1. The maximum Gasteiger partial charge on any atom is 0.186 e. The van der Waals surface area contributed by atoms with E-state index in [1.165, 1.54) is 0 Å². The lowest BCUT2D eigenvalue weighted by Crippen LogP contribution is -2.15. The van der Waals surface area contributed by atoms with Gasteiger partial charge in [-0.05, 0) is 12.8 Å². The Kier molecular flexibility index (Phi) is 4.12. The maximum atomic E-state index is 13.3. The highest BCUT2D eigenvalue weighted by Crippen LogP contribution is 2.28. The minimum atomic E-state index is -1.49. The predicted molar refractivity (Wildman–Crippen MR) is 52.7 cm³/mol. The smallest absolute Gasteiger partial charge is 0.186 e. The van der Waals surface area contributed by atoms with Gasteiger partial charge in [-0.2, -0.15) is 0 Å². The second kappa shape index (κ2) is 5.16. The molecule has 1 rings (SSSR count). The largest absolute Gasteiger partial charge is 0.319 e. The van der Waals surface area contributed by atoms with Crippen molar-refractivity contribution >= 4 is 5.69 Å². The standard InChI is InChI=1S/C10H12F4N2/c1-2-3-4-5-6(11)8(13)10(16-15)9(14)7(5)12/h16H,2-4,15H2,1H3. The van der Waals surface area contributed by atoms with E-state index in [-0.39, 0.29) is 6.42 Å². The molecule has 0 saturated carbocycles. The number of hydrogen-bond acceptors (Lipinski definition) is 2. The van der Waals surface area contributed by atoms with Gasteiger partial charge in [0.25, 0.3) is 0 Å². The molecule has 0 aliphatic carbocycles. The molecular weight excluding hydrogens is 224 g/mol. The van der Waals surface area contributed by atoms with Gasteiger partial charge in [0.15, 0.2) is 23.3 Å². The molecule has 0 aromatic heterocycles. The van der Waals surface area contributed by atoms with E-state index in [1.54, 1.807) is 12.3 Å². The van der Waals surface area contributed by atoms with Gasteiger partial charge in [0.05, 0.1) is 0 Å². The monoisotopic (exact) mass is 236 g/mol. The lowest BCUT2D eigenvalue weighted by molar-refractivity contribution is 0.441. The van der Waals surface area contributed by atoms with Crippen LogP contribution in [0.5, 0.6) is 0 Å². The highest BCUT2D eigenvalue weighted by atomic mass is 19.2. The van der Waals surface area contributed by atoms with Crippen LogP contribution in [-0.4, -0.2) is 0 Å². The van der Waals surface area contributed by atoms with Crippen LogP contribution in [0.25, 0.3) is 0 Å². The van der Waals surface area contributed by atoms with E-state index in [2.05, 4.69) is 0 Å². The van der Waals surface area contributed by atoms with E-state index in [0.29, 0.717) is 12.8 Å². The number of hydrogen-bond donors (Lipinski definition) is 2. The number of nitrogens with one attached hydrogen (secondary N) is 1. The highest BCUT2D eigenvalue weighted by molar-refractivity contribution is 5.48. The van der Waals surface area contributed by atoms with E-state index in [4.69, 9.17) is 5.84 Å². The van der Waals surface area contributed by atoms with Crippen molar-refractivity contribution in [2.75, 3.05) is 5.43 Å². The number of nitrogens with two attached hydrogens (primary N) is 1. The van der Waals surface area contributed by atoms with Gasteiger partial charge in [0.2, 0.25) is 0 Å². The zero-order chi connectivity index (χ0) is 12.3. The van der Waals surface area contributed by atoms with Gasteiger partial charge >= 0.3 is 0 Å². The molecule has 0 radical (unpaired) electrons. The summed E-state index contributed by atoms with van der Waals surface area (Å²) in [6, 6.07) is 0. The summed E-state index contributed by atoms with van der Waals surface area (Å²) in [7, 11) is 0. The molecule has 90 valence electrons. The number of rotatable bonds is 4. The molecular formula is C10H12F4N2. The van der Waals surface area contributed by atoms with Gasteiger partial charge in [-0.1, -0.05) is 13.3 Å². The first-order valence-corrected chi connectivity index (χ1v) is 4.86. The normalized spacial score (nSPS) is 10.6. The van der Waals surface area contributed by atoms with Gasteiger partial charge in [0, 0.05) is 5.56 Å². The van der Waals surface area contributed by atoms with Crippen molar-refractivity contribution in [1.82, 2.24) is 0 Å². The zero-order valence-corrected chi connectivity index (χ0v) is 8.71. The first-order valence-electron chi connectivity index (χ1n) is 4.86. The Balaban J connectivity index is 3.29. The summed E-state index contributed by atoms with van der Waals surface area (Å²) in [6.07, 6.45) is 1.06. The molecule has 0 fully saturated rings. The number of unbranched alkanes of at least 4 members (excludes halogenated alkanes) is 1. The average Bonchev–Trinajstić information content (AvgIpc) is 2.27. The van der Waals surface area contributed by atoms with Crippen molar-refractivity contribution in [2.45, 2.75) is 26.2 Å². The molecule has 0 unspecified atom stereocenters. The number of anilines is 1. The second-order valence-corrected chi connectivity index (χ2v) is 3.36. The molecule has 0 bridgehead atoms. The predicted octanol–water partition coefficient (Wildman–Crippen LogP) is 2.87. The van der Waals surface area contributed by atoms with E-state index < -0.39 is 34.5 Å². The molecule has 0 spiro atoms. The molecule has 6 heteroatoms. The molecule has 0 aliphatic heterocycles. The Morgan fingerprint density at radius 3 is 1.88 bits per heavy atom. The minimum absolute atomic E-state index is 0.0488. The molecule has 0 aliphatic rings. The van der Waals surface area contributed by atoms with Crippen molar-refractivity contribution in [1.29, 1.82) is 0 Å². The van der Waals surface area contributed by atoms with E-state index in [1.807, 2.05) is 0 Å². The minimum Gasteiger partial charge on any atom is -0.319 e. The Morgan fingerprint density at radius 1 is 1.00 bits per heavy atom. The molecule has 16 heavy (non-hydrogen) atoms. The summed E-state index contributed by atoms with van der Waals surface area (Å²) in [5, 5.41) is 0. The summed E-state index contributed by atoms with van der Waals surface area (Å²) in [6.45, 7) is 1.80. The lowest BCUT2D eigenvalue weighted by Gasteiger charge is -2.10. The first-order chi connectivity index (χ1) is 7.54. The van der Waals surface area contributed by atoms with Crippen LogP contribution in [0.4, 0.5) is 23.2 Å². The molecule has 1 aromatic carbocycles. The van der Waals surface area contributed by atoms with E-state index >= 15 is 0 Å². The molecule has 0 atom stereocenters. The quantitative estimate of drug-likeness (QED) is 0.365. The molecule has 2 nitrogen and oxygen atoms in total. The molecule has 0 saturated heterocycles. The van der Waals surface area contributed by atoms with E-state index in [0.717, 1.165) is 0 Å². The van der Waals surface area contributed by atoms with Gasteiger partial charge in [-0.25, -0.2) is 17.6 Å². The summed E-state index contributed by atoms with van der Waals surface area (Å²) < 4.78 is 53.1. The molecule has 0 heterocycles. The topological polar surface area (TPSA) is 38.0 Å². The fourth-order valence-corrected chi connectivity index (χ4v) is 1.38. The van der Waals surface area contributed by atoms with Crippen LogP contribution in [0.15, 0.2) is 0 Å². The summed E-state index contributed by atoms with van der Waals surface area (Å²) >= 11 is 0. The van der Waals surface area contributed by atoms with Gasteiger partial charge in [-0.15, -0.1) is 0 Å². The van der Waals surface area contributed by atoms with Gasteiger partial charge < -0.3 is 5.43 Å². The second-order valence-electron chi connectivity index (χ2n) is 3.36. The third-order valence-electron chi connectivity index (χ3n) is 2.28. The summed E-state index contributed by atoms with van der Waals surface area (Å²) in [5.41, 5.74) is 0.0347. The Labute approximate surface area is 90.4 Å². The van der Waals surface area contributed by atoms with Crippen LogP contribution in [0.1, 0.15) is 25.3 Å². The van der Waals surface area contributed by atoms with Gasteiger partial charge in [0.1, 0.15) is 5.69 Å². The zero-order valence-electron chi connectivity index (χ0n) is 8.71. The van der Waals surface area contributed by atoms with Crippen molar-refractivity contribution in [3.63, 3.8) is 0 Å². The van der Waals surface area contributed by atoms with Gasteiger partial charge in [-0.3, -0.25) is 5.84 Å². The summed E-state index contributed by atoms with van der Waals surface area (Å²) in [5.74, 6) is -0.987. The van der Waals surface area contributed by atoms with Crippen LogP contribution < -0.4 is 11.3 Å². The van der Waals surface area contributed by atoms with E-state index in [9.17, 15) is 17.6 Å². The fourth-order valence-electron chi connectivity index (χ4n) is 1.38. The average molecular weight is 236 g/mol. The third-order valence-corrected chi connectivity index (χ3v) is 2.28. The molecule has 0 amide bonds. The van der Waals surface area contributed by atoms with Crippen LogP contribution in [0.2, 0.25) is 0 Å². The first kappa shape index (κ1) is 12.8. The highest BCUT2D eigenvalue weighted by Gasteiger charge is 2.24. The lowest BCUT2D eigenvalue weighted by atomic mass is 10.1. The Hall–Kier alpha value is -1.30. The molecule has 3 N–H and O–H groups in total. The van der Waals surface area contributed by atoms with Crippen LogP contribution in [-0.2, 0) is 6.42 Å². The van der Waals surface area contributed by atoms with Crippen molar-refractivity contribution in [2.24, 2.45) is 5.84 Å². The van der Waals surface area contributed by atoms with Crippen LogP contribution in [0.3, 0.4) is 0 Å².